The number of rotatable bonds is 4. The summed E-state index contributed by atoms with van der Waals surface area (Å²) in [5.41, 5.74) is 1.18. The van der Waals surface area contributed by atoms with Gasteiger partial charge in [-0.1, -0.05) is 6.92 Å². The van der Waals surface area contributed by atoms with Crippen molar-refractivity contribution in [1.29, 1.82) is 0 Å². The highest BCUT2D eigenvalue weighted by Crippen LogP contribution is 2.41. The van der Waals surface area contributed by atoms with Crippen molar-refractivity contribution < 1.29 is 19.1 Å². The molecule has 2 rings (SSSR count). The predicted octanol–water partition coefficient (Wildman–Crippen LogP) is 3.12. The van der Waals surface area contributed by atoms with Gasteiger partial charge in [0.25, 0.3) is 0 Å². The first-order chi connectivity index (χ1) is 9.90. The van der Waals surface area contributed by atoms with Gasteiger partial charge in [-0.3, -0.25) is 4.79 Å². The standard InChI is InChI=1S/C15H21NO4S/c1-5-15(4)7-10-11(8-20-15)21-13(16-9(3)17)12(10)14(18)19-6-2/h5-8H2,1-4H3,(H,16,17)/t15-/m0/s1. The third kappa shape index (κ3) is 3.27. The third-order valence-corrected chi connectivity index (χ3v) is 4.83. The summed E-state index contributed by atoms with van der Waals surface area (Å²) in [6.45, 7) is 8.09. The minimum Gasteiger partial charge on any atom is -0.462 e. The first-order valence-electron chi connectivity index (χ1n) is 7.13. The summed E-state index contributed by atoms with van der Waals surface area (Å²) in [5, 5.41) is 3.30. The van der Waals surface area contributed by atoms with Gasteiger partial charge in [-0.25, -0.2) is 4.79 Å². The quantitative estimate of drug-likeness (QED) is 0.868. The molecule has 5 nitrogen and oxygen atoms in total. The fourth-order valence-corrected chi connectivity index (χ4v) is 3.54. The Kier molecular flexibility index (Phi) is 4.68. The Hall–Kier alpha value is -1.40. The van der Waals surface area contributed by atoms with E-state index in [0.29, 0.717) is 30.2 Å². The van der Waals surface area contributed by atoms with Crippen LogP contribution in [0, 0.1) is 0 Å². The van der Waals surface area contributed by atoms with Crippen LogP contribution < -0.4 is 5.32 Å². The van der Waals surface area contributed by atoms with E-state index >= 15 is 0 Å². The molecule has 1 aromatic heterocycles. The number of hydrogen-bond acceptors (Lipinski definition) is 5. The highest BCUT2D eigenvalue weighted by molar-refractivity contribution is 7.17. The van der Waals surface area contributed by atoms with E-state index in [1.165, 1.54) is 18.3 Å². The molecule has 0 aliphatic carbocycles. The molecular weight excluding hydrogens is 290 g/mol. The van der Waals surface area contributed by atoms with Gasteiger partial charge in [-0.05, 0) is 25.8 Å². The van der Waals surface area contributed by atoms with Crippen LogP contribution in [0.1, 0.15) is 54.9 Å². The summed E-state index contributed by atoms with van der Waals surface area (Å²) >= 11 is 1.40. The molecule has 1 atom stereocenters. The van der Waals surface area contributed by atoms with Crippen LogP contribution in [0.4, 0.5) is 5.00 Å². The van der Waals surface area contributed by atoms with Gasteiger partial charge < -0.3 is 14.8 Å². The molecule has 1 aliphatic rings. The fourth-order valence-electron chi connectivity index (χ4n) is 2.37. The molecule has 0 unspecified atom stereocenters. The van der Waals surface area contributed by atoms with Crippen molar-refractivity contribution in [1.82, 2.24) is 0 Å². The molecule has 6 heteroatoms. The minimum absolute atomic E-state index is 0.196. The van der Waals surface area contributed by atoms with Crippen molar-refractivity contribution >= 4 is 28.2 Å². The summed E-state index contributed by atoms with van der Waals surface area (Å²) in [4.78, 5) is 24.6. The molecule has 2 heterocycles. The first kappa shape index (κ1) is 16.0. The van der Waals surface area contributed by atoms with Gasteiger partial charge in [-0.2, -0.15) is 0 Å². The van der Waals surface area contributed by atoms with Gasteiger partial charge >= 0.3 is 5.97 Å². The number of thiophene rings is 1. The lowest BCUT2D eigenvalue weighted by molar-refractivity contribution is -0.114. The van der Waals surface area contributed by atoms with Crippen molar-refractivity contribution in [3.63, 3.8) is 0 Å². The van der Waals surface area contributed by atoms with Crippen LogP contribution in [0.3, 0.4) is 0 Å². The molecule has 0 radical (unpaired) electrons. The minimum atomic E-state index is -0.376. The number of carbonyl (C=O) groups is 2. The van der Waals surface area contributed by atoms with Crippen LogP contribution in [-0.2, 0) is 27.3 Å². The van der Waals surface area contributed by atoms with Crippen LogP contribution in [0.5, 0.6) is 0 Å². The first-order valence-corrected chi connectivity index (χ1v) is 7.95. The van der Waals surface area contributed by atoms with Crippen molar-refractivity contribution in [2.45, 2.75) is 52.7 Å². The van der Waals surface area contributed by atoms with Gasteiger partial charge in [0.15, 0.2) is 0 Å². The SMILES string of the molecule is CCOC(=O)c1c(NC(C)=O)sc2c1C[C@](C)(CC)OC2. The van der Waals surface area contributed by atoms with Gasteiger partial charge in [0, 0.05) is 18.2 Å². The van der Waals surface area contributed by atoms with Crippen molar-refractivity contribution in [3.05, 3.63) is 16.0 Å². The second kappa shape index (κ2) is 6.15. The Bertz CT molecular complexity index is 566. The van der Waals surface area contributed by atoms with Gasteiger partial charge in [0.05, 0.1) is 24.4 Å². The monoisotopic (exact) mass is 311 g/mol. The molecule has 0 spiro atoms. The molecule has 0 saturated carbocycles. The van der Waals surface area contributed by atoms with E-state index in [1.807, 2.05) is 6.92 Å². The summed E-state index contributed by atoms with van der Waals surface area (Å²) in [6, 6.07) is 0. The number of nitrogens with one attached hydrogen (secondary N) is 1. The summed E-state index contributed by atoms with van der Waals surface area (Å²) in [5.74, 6) is -0.572. The molecule has 1 N–H and O–H groups in total. The van der Waals surface area contributed by atoms with Crippen molar-refractivity contribution in [3.8, 4) is 0 Å². The maximum Gasteiger partial charge on any atom is 0.341 e. The fraction of sp³-hybridized carbons (Fsp3) is 0.600. The molecule has 0 bridgehead atoms. The van der Waals surface area contributed by atoms with Crippen molar-refractivity contribution in [2.75, 3.05) is 11.9 Å². The second-order valence-corrected chi connectivity index (χ2v) is 6.48. The van der Waals surface area contributed by atoms with E-state index in [1.54, 1.807) is 6.92 Å². The van der Waals surface area contributed by atoms with E-state index < -0.39 is 0 Å². The number of anilines is 1. The largest absolute Gasteiger partial charge is 0.462 e. The number of ether oxygens (including phenoxy) is 2. The number of esters is 1. The van der Waals surface area contributed by atoms with E-state index in [4.69, 9.17) is 9.47 Å². The lowest BCUT2D eigenvalue weighted by atomic mass is 9.89. The van der Waals surface area contributed by atoms with Gasteiger partial charge in [-0.15, -0.1) is 11.3 Å². The molecule has 0 fully saturated rings. The van der Waals surface area contributed by atoms with Crippen molar-refractivity contribution in [2.24, 2.45) is 0 Å². The number of amides is 1. The number of carbonyl (C=O) groups excluding carboxylic acids is 2. The maximum absolute atomic E-state index is 12.3. The Morgan fingerprint density at radius 1 is 1.43 bits per heavy atom. The van der Waals surface area contributed by atoms with Gasteiger partial charge in [0.2, 0.25) is 5.91 Å². The molecule has 1 amide bonds. The summed E-state index contributed by atoms with van der Waals surface area (Å²) in [7, 11) is 0. The van der Waals surface area contributed by atoms with Gasteiger partial charge in [0.1, 0.15) is 5.00 Å². The Morgan fingerprint density at radius 3 is 2.71 bits per heavy atom. The normalized spacial score (nSPS) is 20.8. The molecule has 0 aromatic carbocycles. The maximum atomic E-state index is 12.3. The summed E-state index contributed by atoms with van der Waals surface area (Å²) < 4.78 is 11.1. The lowest BCUT2D eigenvalue weighted by Gasteiger charge is -2.33. The van der Waals surface area contributed by atoms with Crippen LogP contribution in [-0.4, -0.2) is 24.1 Å². The Morgan fingerprint density at radius 2 is 2.14 bits per heavy atom. The third-order valence-electron chi connectivity index (χ3n) is 3.71. The molecular formula is C15H21NO4S. The zero-order chi connectivity index (χ0) is 15.6. The smallest absolute Gasteiger partial charge is 0.341 e. The van der Waals surface area contributed by atoms with E-state index in [2.05, 4.69) is 12.2 Å². The highest BCUT2D eigenvalue weighted by atomic mass is 32.1. The zero-order valence-corrected chi connectivity index (χ0v) is 13.7. The van der Waals surface area contributed by atoms with Crippen LogP contribution in [0.2, 0.25) is 0 Å². The van der Waals surface area contributed by atoms with E-state index in [0.717, 1.165) is 16.9 Å². The summed E-state index contributed by atoms with van der Waals surface area (Å²) in [6.07, 6.45) is 1.52. The highest BCUT2D eigenvalue weighted by Gasteiger charge is 2.35. The lowest BCUT2D eigenvalue weighted by Crippen LogP contribution is -2.34. The second-order valence-electron chi connectivity index (χ2n) is 5.38. The molecule has 1 aromatic rings. The van der Waals surface area contributed by atoms with E-state index in [-0.39, 0.29) is 17.5 Å². The average Bonchev–Trinajstić information content (AvgIpc) is 2.75. The van der Waals surface area contributed by atoms with E-state index in [9.17, 15) is 9.59 Å². The molecule has 0 saturated heterocycles. The average molecular weight is 311 g/mol. The topological polar surface area (TPSA) is 64.6 Å². The van der Waals surface area contributed by atoms with Crippen LogP contribution >= 0.6 is 11.3 Å². The molecule has 116 valence electrons. The Balaban J connectivity index is 2.46. The van der Waals surface area contributed by atoms with Crippen LogP contribution in [0.15, 0.2) is 0 Å². The van der Waals surface area contributed by atoms with Crippen LogP contribution in [0.25, 0.3) is 0 Å². The molecule has 21 heavy (non-hydrogen) atoms. The predicted molar refractivity (Wildman–Crippen MR) is 81.8 cm³/mol. The molecule has 1 aliphatic heterocycles. The number of fused-ring (bicyclic) bond motifs is 1. The number of hydrogen-bond donors (Lipinski definition) is 1. The zero-order valence-electron chi connectivity index (χ0n) is 12.9. The Labute approximate surface area is 128 Å².